The summed E-state index contributed by atoms with van der Waals surface area (Å²) in [6.07, 6.45) is 1.20. The Morgan fingerprint density at radius 3 is 2.95 bits per heavy atom. The largest absolute Gasteiger partial charge is 0.497 e. The van der Waals surface area contributed by atoms with Crippen molar-refractivity contribution in [2.75, 3.05) is 45.2 Å². The highest BCUT2D eigenvalue weighted by Gasteiger charge is 2.16. The predicted molar refractivity (Wildman–Crippen MR) is 80.5 cm³/mol. The summed E-state index contributed by atoms with van der Waals surface area (Å²) in [5.41, 5.74) is 1.07. The van der Waals surface area contributed by atoms with Gasteiger partial charge in [-0.1, -0.05) is 11.3 Å². The Kier molecular flexibility index (Phi) is 3.57. The highest BCUT2D eigenvalue weighted by atomic mass is 32.1. The van der Waals surface area contributed by atoms with E-state index in [1.807, 2.05) is 12.1 Å². The Bertz CT molecular complexity index is 569. The van der Waals surface area contributed by atoms with Gasteiger partial charge in [-0.3, -0.25) is 0 Å². The lowest BCUT2D eigenvalue weighted by Crippen LogP contribution is -2.28. The van der Waals surface area contributed by atoms with Gasteiger partial charge in [0, 0.05) is 19.6 Å². The molecule has 2 heterocycles. The molecule has 5 heteroatoms. The van der Waals surface area contributed by atoms with Crippen LogP contribution in [-0.2, 0) is 0 Å². The predicted octanol–water partition coefficient (Wildman–Crippen LogP) is 2.45. The lowest BCUT2D eigenvalue weighted by Gasteiger charge is -2.18. The number of anilines is 1. The van der Waals surface area contributed by atoms with Crippen molar-refractivity contribution in [3.63, 3.8) is 0 Å². The molecular formula is C14H19N3OS. The zero-order valence-electron chi connectivity index (χ0n) is 11.4. The first-order valence-corrected chi connectivity index (χ1v) is 7.46. The van der Waals surface area contributed by atoms with Crippen LogP contribution in [0.3, 0.4) is 0 Å². The fraction of sp³-hybridized carbons (Fsp3) is 0.500. The van der Waals surface area contributed by atoms with Crippen LogP contribution in [0.1, 0.15) is 6.42 Å². The van der Waals surface area contributed by atoms with Crippen molar-refractivity contribution in [1.82, 2.24) is 9.88 Å². The molecule has 1 saturated heterocycles. The molecule has 0 spiro atoms. The molecule has 0 aliphatic carbocycles. The number of likely N-dealkylation sites (N-methyl/N-ethyl adjacent to an activating group) is 1. The maximum Gasteiger partial charge on any atom is 0.186 e. The highest BCUT2D eigenvalue weighted by Crippen LogP contribution is 2.31. The Morgan fingerprint density at radius 2 is 2.11 bits per heavy atom. The van der Waals surface area contributed by atoms with E-state index in [9.17, 15) is 0 Å². The molecular weight excluding hydrogens is 258 g/mol. The molecule has 0 atom stereocenters. The zero-order valence-corrected chi connectivity index (χ0v) is 12.2. The molecule has 0 amide bonds. The number of aromatic nitrogens is 1. The molecule has 0 saturated carbocycles. The van der Waals surface area contributed by atoms with Crippen LogP contribution in [0.4, 0.5) is 5.13 Å². The normalized spacial score (nSPS) is 17.7. The molecule has 1 fully saturated rings. The van der Waals surface area contributed by atoms with Crippen LogP contribution in [0.2, 0.25) is 0 Å². The van der Waals surface area contributed by atoms with Gasteiger partial charge in [0.25, 0.3) is 0 Å². The van der Waals surface area contributed by atoms with Crippen molar-refractivity contribution in [3.05, 3.63) is 18.2 Å². The molecule has 1 aromatic heterocycles. The Balaban J connectivity index is 1.87. The summed E-state index contributed by atoms with van der Waals surface area (Å²) in [5, 5.41) is 1.14. The summed E-state index contributed by atoms with van der Waals surface area (Å²) >= 11 is 1.76. The standard InChI is InChI=1S/C14H19N3OS/c1-16-6-3-7-17(9-8-16)14-15-12-5-4-11(18-2)10-13(12)19-14/h4-5,10H,3,6-9H2,1-2H3. The van der Waals surface area contributed by atoms with Crippen molar-refractivity contribution >= 4 is 26.7 Å². The minimum atomic E-state index is 0.901. The topological polar surface area (TPSA) is 28.6 Å². The number of methoxy groups -OCH3 is 1. The van der Waals surface area contributed by atoms with Gasteiger partial charge in [0.2, 0.25) is 0 Å². The number of rotatable bonds is 2. The molecule has 102 valence electrons. The number of thiazole rings is 1. The smallest absolute Gasteiger partial charge is 0.186 e. The monoisotopic (exact) mass is 277 g/mol. The van der Waals surface area contributed by atoms with Gasteiger partial charge >= 0.3 is 0 Å². The van der Waals surface area contributed by atoms with Crippen molar-refractivity contribution in [2.24, 2.45) is 0 Å². The second kappa shape index (κ2) is 5.35. The third-order valence-electron chi connectivity index (χ3n) is 3.57. The average molecular weight is 277 g/mol. The molecule has 0 N–H and O–H groups in total. The first-order chi connectivity index (χ1) is 9.26. The molecule has 0 radical (unpaired) electrons. The summed E-state index contributed by atoms with van der Waals surface area (Å²) in [6.45, 7) is 4.45. The van der Waals surface area contributed by atoms with E-state index in [1.54, 1.807) is 18.4 Å². The maximum absolute atomic E-state index is 5.27. The van der Waals surface area contributed by atoms with E-state index >= 15 is 0 Å². The molecule has 0 bridgehead atoms. The summed E-state index contributed by atoms with van der Waals surface area (Å²) in [6, 6.07) is 6.08. The second-order valence-corrected chi connectivity index (χ2v) is 5.98. The zero-order chi connectivity index (χ0) is 13.2. The summed E-state index contributed by atoms with van der Waals surface area (Å²) < 4.78 is 6.47. The lowest BCUT2D eigenvalue weighted by molar-refractivity contribution is 0.360. The van der Waals surface area contributed by atoms with Crippen molar-refractivity contribution in [3.8, 4) is 5.75 Å². The van der Waals surface area contributed by atoms with E-state index < -0.39 is 0 Å². The second-order valence-electron chi connectivity index (χ2n) is 4.97. The number of benzene rings is 1. The quantitative estimate of drug-likeness (QED) is 0.843. The summed E-state index contributed by atoms with van der Waals surface area (Å²) in [4.78, 5) is 9.54. The van der Waals surface area contributed by atoms with Gasteiger partial charge in [0.05, 0.1) is 17.3 Å². The number of ether oxygens (including phenoxy) is 1. The Hall–Kier alpha value is -1.33. The number of nitrogens with zero attached hydrogens (tertiary/aromatic N) is 3. The van der Waals surface area contributed by atoms with E-state index in [4.69, 9.17) is 9.72 Å². The third-order valence-corrected chi connectivity index (χ3v) is 4.65. The van der Waals surface area contributed by atoms with Crippen LogP contribution < -0.4 is 9.64 Å². The fourth-order valence-corrected chi connectivity index (χ4v) is 3.44. The van der Waals surface area contributed by atoms with E-state index in [2.05, 4.69) is 22.9 Å². The van der Waals surface area contributed by atoms with Gasteiger partial charge in [-0.05, 0) is 38.2 Å². The minimum Gasteiger partial charge on any atom is -0.497 e. The lowest BCUT2D eigenvalue weighted by atomic mass is 10.3. The molecule has 3 rings (SSSR count). The number of hydrogen-bond acceptors (Lipinski definition) is 5. The van der Waals surface area contributed by atoms with E-state index in [-0.39, 0.29) is 0 Å². The van der Waals surface area contributed by atoms with Crippen molar-refractivity contribution in [2.45, 2.75) is 6.42 Å². The van der Waals surface area contributed by atoms with Crippen molar-refractivity contribution < 1.29 is 4.74 Å². The van der Waals surface area contributed by atoms with Gasteiger partial charge in [0.15, 0.2) is 5.13 Å². The van der Waals surface area contributed by atoms with E-state index in [1.165, 1.54) is 17.7 Å². The minimum absolute atomic E-state index is 0.901. The Labute approximate surface area is 117 Å². The van der Waals surface area contributed by atoms with Crippen LogP contribution in [0.15, 0.2) is 18.2 Å². The van der Waals surface area contributed by atoms with Crippen LogP contribution in [0.5, 0.6) is 5.75 Å². The first kappa shape index (κ1) is 12.7. The van der Waals surface area contributed by atoms with Crippen LogP contribution in [-0.4, -0.2) is 50.2 Å². The van der Waals surface area contributed by atoms with E-state index in [0.717, 1.165) is 36.0 Å². The van der Waals surface area contributed by atoms with Gasteiger partial charge < -0.3 is 14.5 Å². The third kappa shape index (κ3) is 2.67. The van der Waals surface area contributed by atoms with Crippen molar-refractivity contribution in [1.29, 1.82) is 0 Å². The van der Waals surface area contributed by atoms with Gasteiger partial charge in [-0.25, -0.2) is 4.98 Å². The summed E-state index contributed by atoms with van der Waals surface area (Å²) in [5.74, 6) is 0.901. The maximum atomic E-state index is 5.27. The van der Waals surface area contributed by atoms with Crippen LogP contribution in [0.25, 0.3) is 10.2 Å². The fourth-order valence-electron chi connectivity index (χ4n) is 2.39. The molecule has 0 unspecified atom stereocenters. The van der Waals surface area contributed by atoms with Gasteiger partial charge in [-0.2, -0.15) is 0 Å². The van der Waals surface area contributed by atoms with Crippen LogP contribution >= 0.6 is 11.3 Å². The first-order valence-electron chi connectivity index (χ1n) is 6.64. The SMILES string of the molecule is COc1ccc2nc(N3CCCN(C)CC3)sc2c1. The average Bonchev–Trinajstić information content (AvgIpc) is 2.73. The number of fused-ring (bicyclic) bond motifs is 1. The van der Waals surface area contributed by atoms with Gasteiger partial charge in [0.1, 0.15) is 5.75 Å². The van der Waals surface area contributed by atoms with Gasteiger partial charge in [-0.15, -0.1) is 0 Å². The van der Waals surface area contributed by atoms with E-state index in [0.29, 0.717) is 0 Å². The van der Waals surface area contributed by atoms with Crippen LogP contribution in [0, 0.1) is 0 Å². The Morgan fingerprint density at radius 1 is 1.21 bits per heavy atom. The molecule has 19 heavy (non-hydrogen) atoms. The molecule has 2 aromatic rings. The molecule has 1 aromatic carbocycles. The highest BCUT2D eigenvalue weighted by molar-refractivity contribution is 7.22. The summed E-state index contributed by atoms with van der Waals surface area (Å²) in [7, 11) is 3.89. The molecule has 1 aliphatic heterocycles. The molecule has 4 nitrogen and oxygen atoms in total. The molecule has 1 aliphatic rings. The number of hydrogen-bond donors (Lipinski definition) is 0.